The van der Waals surface area contributed by atoms with Gasteiger partial charge < -0.3 is 14.6 Å². The molecule has 0 aliphatic heterocycles. The molecule has 0 atom stereocenters. The number of sulfonamides is 1. The zero-order valence-corrected chi connectivity index (χ0v) is 20.6. The van der Waals surface area contributed by atoms with Crippen molar-refractivity contribution in [2.24, 2.45) is 0 Å². The zero-order chi connectivity index (χ0) is 24.3. The van der Waals surface area contributed by atoms with Crippen molar-refractivity contribution in [2.45, 2.75) is 38.5 Å². The number of nitrogens with zero attached hydrogens (tertiary/aromatic N) is 2. The van der Waals surface area contributed by atoms with Crippen molar-refractivity contribution < 1.29 is 22.5 Å². The largest absolute Gasteiger partial charge is 0.495 e. The maximum Gasteiger partial charge on any atom is 0.270 e. The molecule has 0 saturated carbocycles. The summed E-state index contributed by atoms with van der Waals surface area (Å²) in [5.41, 5.74) is 2.03. The van der Waals surface area contributed by atoms with Gasteiger partial charge in [-0.2, -0.15) is 0 Å². The second-order valence-electron chi connectivity index (χ2n) is 7.81. The molecule has 2 aromatic carbocycles. The number of hydrogen-bond donors (Lipinski definition) is 1. The van der Waals surface area contributed by atoms with Crippen molar-refractivity contribution in [3.05, 3.63) is 64.5 Å². The van der Waals surface area contributed by atoms with Crippen LogP contribution in [0, 0.1) is 13.8 Å². The molecule has 1 amide bonds. The summed E-state index contributed by atoms with van der Waals surface area (Å²) in [6, 6.07) is 11.8. The molecule has 0 fully saturated rings. The highest BCUT2D eigenvalue weighted by atomic mass is 35.5. The molecular formula is C23H26ClN3O5S. The van der Waals surface area contributed by atoms with E-state index in [1.807, 2.05) is 26.0 Å². The van der Waals surface area contributed by atoms with Gasteiger partial charge in [-0.3, -0.25) is 9.10 Å². The summed E-state index contributed by atoms with van der Waals surface area (Å²) in [5.74, 6) is 0.343. The maximum atomic E-state index is 13.6. The second-order valence-corrected chi connectivity index (χ2v) is 10.0. The highest BCUT2D eigenvalue weighted by Crippen LogP contribution is 2.30. The maximum absolute atomic E-state index is 13.6. The van der Waals surface area contributed by atoms with Crippen molar-refractivity contribution >= 4 is 38.9 Å². The van der Waals surface area contributed by atoms with Gasteiger partial charge in [0.2, 0.25) is 5.91 Å². The first-order valence-electron chi connectivity index (χ1n) is 10.2. The standard InChI is InChI=1S/C23H26ClN3O5S/c1-14(2)17-6-9-19(10-7-17)27(33(29,30)23-15(3)26-32-16(23)4)13-22(28)25-18-8-11-21(31-5)20(24)12-18/h6-12,14H,13H2,1-5H3,(H,25,28). The van der Waals surface area contributed by atoms with E-state index in [2.05, 4.69) is 10.5 Å². The van der Waals surface area contributed by atoms with E-state index in [0.717, 1.165) is 9.87 Å². The molecule has 3 aromatic rings. The number of nitrogens with one attached hydrogen (secondary N) is 1. The number of benzene rings is 2. The molecule has 10 heteroatoms. The number of amides is 1. The summed E-state index contributed by atoms with van der Waals surface area (Å²) >= 11 is 6.13. The van der Waals surface area contributed by atoms with Crippen LogP contribution in [0.25, 0.3) is 0 Å². The number of methoxy groups -OCH3 is 1. The number of anilines is 2. The molecule has 176 valence electrons. The van der Waals surface area contributed by atoms with E-state index in [4.69, 9.17) is 20.9 Å². The Morgan fingerprint density at radius 3 is 2.36 bits per heavy atom. The molecule has 1 heterocycles. The van der Waals surface area contributed by atoms with E-state index in [9.17, 15) is 13.2 Å². The Morgan fingerprint density at radius 1 is 1.18 bits per heavy atom. The lowest BCUT2D eigenvalue weighted by molar-refractivity contribution is -0.114. The van der Waals surface area contributed by atoms with Crippen LogP contribution in [0.5, 0.6) is 5.75 Å². The molecule has 3 rings (SSSR count). The van der Waals surface area contributed by atoms with E-state index < -0.39 is 22.5 Å². The van der Waals surface area contributed by atoms with Crippen LogP contribution in [0.1, 0.15) is 36.8 Å². The van der Waals surface area contributed by atoms with Gasteiger partial charge in [0.25, 0.3) is 10.0 Å². The van der Waals surface area contributed by atoms with Gasteiger partial charge in [-0.05, 0) is 55.7 Å². The molecule has 8 nitrogen and oxygen atoms in total. The van der Waals surface area contributed by atoms with Gasteiger partial charge in [0, 0.05) is 5.69 Å². The topological polar surface area (TPSA) is 102 Å². The molecular weight excluding hydrogens is 466 g/mol. The molecule has 0 bridgehead atoms. The average Bonchev–Trinajstić information content (AvgIpc) is 3.11. The minimum Gasteiger partial charge on any atom is -0.495 e. The summed E-state index contributed by atoms with van der Waals surface area (Å²) in [6.45, 7) is 6.69. The molecule has 0 aliphatic carbocycles. The third-order valence-corrected chi connectivity index (χ3v) is 7.40. The van der Waals surface area contributed by atoms with Crippen molar-refractivity contribution in [1.29, 1.82) is 0 Å². The summed E-state index contributed by atoms with van der Waals surface area (Å²) in [4.78, 5) is 12.8. The number of aromatic nitrogens is 1. The lowest BCUT2D eigenvalue weighted by atomic mass is 10.0. The Morgan fingerprint density at radius 2 is 1.85 bits per heavy atom. The number of hydrogen-bond acceptors (Lipinski definition) is 6. The first-order chi connectivity index (χ1) is 15.5. The van der Waals surface area contributed by atoms with Crippen LogP contribution in [0.4, 0.5) is 11.4 Å². The van der Waals surface area contributed by atoms with Crippen LogP contribution in [0.3, 0.4) is 0 Å². The van der Waals surface area contributed by atoms with Gasteiger partial charge in [-0.15, -0.1) is 0 Å². The first kappa shape index (κ1) is 24.6. The minimum atomic E-state index is -4.14. The van der Waals surface area contributed by atoms with Crippen molar-refractivity contribution in [2.75, 3.05) is 23.3 Å². The normalized spacial score (nSPS) is 11.5. The third kappa shape index (κ3) is 5.31. The number of carbonyl (C=O) groups excluding carboxylic acids is 1. The summed E-state index contributed by atoms with van der Waals surface area (Å²) < 4.78 is 38.4. The predicted molar refractivity (Wildman–Crippen MR) is 128 cm³/mol. The van der Waals surface area contributed by atoms with E-state index >= 15 is 0 Å². The highest BCUT2D eigenvalue weighted by Gasteiger charge is 2.33. The quantitative estimate of drug-likeness (QED) is 0.480. The Kier molecular flexibility index (Phi) is 7.34. The van der Waals surface area contributed by atoms with Crippen molar-refractivity contribution in [3.8, 4) is 5.75 Å². The minimum absolute atomic E-state index is 0.0595. The van der Waals surface area contributed by atoms with Crippen molar-refractivity contribution in [3.63, 3.8) is 0 Å². The highest BCUT2D eigenvalue weighted by molar-refractivity contribution is 7.93. The van der Waals surface area contributed by atoms with E-state index in [1.165, 1.54) is 20.1 Å². The number of rotatable bonds is 8. The Hall–Kier alpha value is -3.04. The molecule has 0 spiro atoms. The predicted octanol–water partition coefficient (Wildman–Crippen LogP) is 4.91. The summed E-state index contributed by atoms with van der Waals surface area (Å²) in [6.07, 6.45) is 0. The van der Waals surface area contributed by atoms with Gasteiger partial charge in [-0.1, -0.05) is 42.7 Å². The third-order valence-electron chi connectivity index (χ3n) is 5.09. The zero-order valence-electron chi connectivity index (χ0n) is 19.0. The van der Waals surface area contributed by atoms with Gasteiger partial charge >= 0.3 is 0 Å². The molecule has 33 heavy (non-hydrogen) atoms. The van der Waals surface area contributed by atoms with Gasteiger partial charge in [0.15, 0.2) is 10.7 Å². The van der Waals surface area contributed by atoms with Crippen LogP contribution < -0.4 is 14.4 Å². The van der Waals surface area contributed by atoms with E-state index in [0.29, 0.717) is 22.1 Å². The Balaban J connectivity index is 1.96. The van der Waals surface area contributed by atoms with E-state index in [1.54, 1.807) is 31.2 Å². The summed E-state index contributed by atoms with van der Waals surface area (Å²) in [7, 11) is -2.65. The number of halogens is 1. The van der Waals surface area contributed by atoms with Crippen LogP contribution in [-0.4, -0.2) is 33.1 Å². The Bertz CT molecular complexity index is 1230. The lowest BCUT2D eigenvalue weighted by Gasteiger charge is -2.24. The lowest BCUT2D eigenvalue weighted by Crippen LogP contribution is -2.38. The van der Waals surface area contributed by atoms with Gasteiger partial charge in [-0.25, -0.2) is 8.42 Å². The molecule has 0 radical (unpaired) electrons. The molecule has 0 unspecified atom stereocenters. The number of carbonyl (C=O) groups is 1. The monoisotopic (exact) mass is 491 g/mol. The molecule has 0 saturated heterocycles. The van der Waals surface area contributed by atoms with E-state index in [-0.39, 0.29) is 22.3 Å². The van der Waals surface area contributed by atoms with Crippen LogP contribution in [0.2, 0.25) is 5.02 Å². The van der Waals surface area contributed by atoms with Crippen LogP contribution in [-0.2, 0) is 14.8 Å². The fourth-order valence-corrected chi connectivity index (χ4v) is 5.34. The summed E-state index contributed by atoms with van der Waals surface area (Å²) in [5, 5.41) is 6.77. The SMILES string of the molecule is COc1ccc(NC(=O)CN(c2ccc(C(C)C)cc2)S(=O)(=O)c2c(C)noc2C)cc1Cl. The second kappa shape index (κ2) is 9.84. The first-order valence-corrected chi connectivity index (χ1v) is 12.1. The Labute approximate surface area is 198 Å². The van der Waals surface area contributed by atoms with Crippen LogP contribution >= 0.6 is 11.6 Å². The molecule has 1 N–H and O–H groups in total. The average molecular weight is 492 g/mol. The van der Waals surface area contributed by atoms with Crippen molar-refractivity contribution in [1.82, 2.24) is 5.16 Å². The fraction of sp³-hybridized carbons (Fsp3) is 0.304. The van der Waals surface area contributed by atoms with Crippen LogP contribution in [0.15, 0.2) is 51.9 Å². The molecule has 1 aromatic heterocycles. The number of ether oxygens (including phenoxy) is 1. The smallest absolute Gasteiger partial charge is 0.270 e. The molecule has 0 aliphatic rings. The van der Waals surface area contributed by atoms with Gasteiger partial charge in [0.05, 0.1) is 17.8 Å². The fourth-order valence-electron chi connectivity index (χ4n) is 3.37. The number of aryl methyl sites for hydroxylation is 2. The van der Waals surface area contributed by atoms with Gasteiger partial charge in [0.1, 0.15) is 18.0 Å².